The van der Waals surface area contributed by atoms with Crippen molar-refractivity contribution in [2.45, 2.75) is 6.92 Å². The lowest BCUT2D eigenvalue weighted by atomic mass is 10.1. The molecule has 7 heteroatoms. The van der Waals surface area contributed by atoms with Gasteiger partial charge in [0.25, 0.3) is 0 Å². The molecule has 6 nitrogen and oxygen atoms in total. The third kappa shape index (κ3) is 3.83. The second kappa shape index (κ2) is 7.88. The normalized spacial score (nSPS) is 11.2. The highest BCUT2D eigenvalue weighted by Crippen LogP contribution is 2.43. The van der Waals surface area contributed by atoms with E-state index in [1.54, 1.807) is 55.5 Å². The summed E-state index contributed by atoms with van der Waals surface area (Å²) >= 11 is 1.23. The number of benzene rings is 2. The zero-order chi connectivity index (χ0) is 21.3. The standard InChI is InChI=1S/C23H16O6S/c1-13-17(10-11-28-13)21(27)23-22(18-8-5-15(24)12-19(18)30-23)29-16-6-2-14(3-7-16)4-9-20(25)26/h2-12,24H,1H3,(H,25,26)/b9-4+. The Kier molecular flexibility index (Phi) is 5.12. The van der Waals surface area contributed by atoms with Gasteiger partial charge in [-0.2, -0.15) is 0 Å². The molecule has 0 amide bonds. The number of carbonyl (C=O) groups is 2. The number of fused-ring (bicyclic) bond motifs is 1. The Morgan fingerprint density at radius 2 is 1.87 bits per heavy atom. The number of phenols is 1. The van der Waals surface area contributed by atoms with Gasteiger partial charge < -0.3 is 19.4 Å². The zero-order valence-corrected chi connectivity index (χ0v) is 16.6. The number of carboxylic acid groups (broad SMARTS) is 1. The van der Waals surface area contributed by atoms with Crippen molar-refractivity contribution in [1.29, 1.82) is 0 Å². The first kappa shape index (κ1) is 19.5. The molecule has 2 aromatic carbocycles. The molecule has 4 rings (SSSR count). The Morgan fingerprint density at radius 3 is 2.53 bits per heavy atom. The lowest BCUT2D eigenvalue weighted by Crippen LogP contribution is -2.01. The molecule has 0 spiro atoms. The molecule has 0 aliphatic rings. The number of ketones is 1. The number of ether oxygens (including phenoxy) is 1. The van der Waals surface area contributed by atoms with Crippen LogP contribution in [0.5, 0.6) is 17.2 Å². The average Bonchev–Trinajstić information content (AvgIpc) is 3.30. The molecule has 0 unspecified atom stereocenters. The van der Waals surface area contributed by atoms with Crippen LogP contribution in [0.3, 0.4) is 0 Å². The van der Waals surface area contributed by atoms with Gasteiger partial charge in [-0.1, -0.05) is 12.1 Å². The molecule has 0 bridgehead atoms. The molecule has 30 heavy (non-hydrogen) atoms. The molecule has 2 aromatic heterocycles. The van der Waals surface area contributed by atoms with Crippen LogP contribution in [0, 0.1) is 6.92 Å². The van der Waals surface area contributed by atoms with Gasteiger partial charge >= 0.3 is 5.97 Å². The smallest absolute Gasteiger partial charge is 0.328 e. The predicted octanol–water partition coefficient (Wildman–Crippen LogP) is 5.63. The summed E-state index contributed by atoms with van der Waals surface area (Å²) in [6.07, 6.45) is 4.00. The van der Waals surface area contributed by atoms with Gasteiger partial charge in [-0.05, 0) is 55.0 Å². The fraction of sp³-hybridized carbons (Fsp3) is 0.0435. The first-order valence-electron chi connectivity index (χ1n) is 8.95. The van der Waals surface area contributed by atoms with Crippen molar-refractivity contribution in [3.63, 3.8) is 0 Å². The quantitative estimate of drug-likeness (QED) is 0.310. The van der Waals surface area contributed by atoms with Crippen LogP contribution in [0.1, 0.15) is 26.6 Å². The van der Waals surface area contributed by atoms with Gasteiger partial charge in [0.05, 0.1) is 11.8 Å². The van der Waals surface area contributed by atoms with Gasteiger partial charge in [-0.15, -0.1) is 11.3 Å². The van der Waals surface area contributed by atoms with E-state index in [1.807, 2.05) is 0 Å². The summed E-state index contributed by atoms with van der Waals surface area (Å²) in [7, 11) is 0. The van der Waals surface area contributed by atoms with E-state index in [0.717, 1.165) is 10.8 Å². The molecule has 150 valence electrons. The van der Waals surface area contributed by atoms with Crippen LogP contribution in [0.2, 0.25) is 0 Å². The number of hydrogen-bond donors (Lipinski definition) is 2. The third-order valence-corrected chi connectivity index (χ3v) is 5.59. The lowest BCUT2D eigenvalue weighted by Gasteiger charge is -2.08. The molecule has 0 atom stereocenters. The number of rotatable bonds is 6. The fourth-order valence-corrected chi connectivity index (χ4v) is 4.10. The Labute approximate surface area is 175 Å². The van der Waals surface area contributed by atoms with Crippen molar-refractivity contribution >= 4 is 39.3 Å². The van der Waals surface area contributed by atoms with E-state index < -0.39 is 5.97 Å². The second-order valence-electron chi connectivity index (χ2n) is 6.50. The van der Waals surface area contributed by atoms with E-state index in [-0.39, 0.29) is 11.5 Å². The zero-order valence-electron chi connectivity index (χ0n) is 15.8. The van der Waals surface area contributed by atoms with Gasteiger partial charge in [-0.25, -0.2) is 4.79 Å². The van der Waals surface area contributed by atoms with Crippen molar-refractivity contribution in [2.75, 3.05) is 0 Å². The van der Waals surface area contributed by atoms with E-state index in [2.05, 4.69) is 0 Å². The summed E-state index contributed by atoms with van der Waals surface area (Å²) in [4.78, 5) is 24.2. The molecule has 0 saturated heterocycles. The summed E-state index contributed by atoms with van der Waals surface area (Å²) in [5.74, 6) is 0.255. The fourth-order valence-electron chi connectivity index (χ4n) is 2.99. The third-order valence-electron chi connectivity index (χ3n) is 4.46. The van der Waals surface area contributed by atoms with E-state index in [0.29, 0.717) is 38.6 Å². The largest absolute Gasteiger partial charge is 0.508 e. The Bertz CT molecular complexity index is 1280. The monoisotopic (exact) mass is 420 g/mol. The lowest BCUT2D eigenvalue weighted by molar-refractivity contribution is -0.131. The highest BCUT2D eigenvalue weighted by atomic mass is 32.1. The molecule has 0 radical (unpaired) electrons. The summed E-state index contributed by atoms with van der Waals surface area (Å²) in [6.45, 7) is 1.72. The molecule has 2 N–H and O–H groups in total. The molecular weight excluding hydrogens is 404 g/mol. The van der Waals surface area contributed by atoms with Crippen LogP contribution in [-0.4, -0.2) is 22.0 Å². The summed E-state index contributed by atoms with van der Waals surface area (Å²) in [5.41, 5.74) is 1.15. The molecule has 0 aliphatic carbocycles. The van der Waals surface area contributed by atoms with E-state index in [4.69, 9.17) is 14.3 Å². The van der Waals surface area contributed by atoms with Crippen LogP contribution in [0.25, 0.3) is 16.2 Å². The van der Waals surface area contributed by atoms with Gasteiger partial charge in [0, 0.05) is 16.2 Å². The van der Waals surface area contributed by atoms with Crippen molar-refractivity contribution in [2.24, 2.45) is 0 Å². The van der Waals surface area contributed by atoms with Crippen LogP contribution < -0.4 is 4.74 Å². The number of thiophene rings is 1. The van der Waals surface area contributed by atoms with Crippen molar-refractivity contribution in [1.82, 2.24) is 0 Å². The van der Waals surface area contributed by atoms with Crippen LogP contribution in [0.4, 0.5) is 0 Å². The van der Waals surface area contributed by atoms with Gasteiger partial charge in [0.15, 0.2) is 5.75 Å². The molecule has 2 heterocycles. The molecule has 0 aliphatic heterocycles. The van der Waals surface area contributed by atoms with E-state index in [1.165, 1.54) is 23.7 Å². The topological polar surface area (TPSA) is 97.0 Å². The minimum atomic E-state index is -1.03. The minimum absolute atomic E-state index is 0.100. The highest BCUT2D eigenvalue weighted by Gasteiger charge is 2.24. The van der Waals surface area contributed by atoms with Gasteiger partial charge in [0.1, 0.15) is 22.1 Å². The van der Waals surface area contributed by atoms with Gasteiger partial charge in [-0.3, -0.25) is 4.79 Å². The number of phenolic OH excluding ortho intramolecular Hbond substituents is 1. The Hall–Kier alpha value is -3.84. The predicted molar refractivity (Wildman–Crippen MR) is 114 cm³/mol. The number of aryl methyl sites for hydroxylation is 1. The number of carboxylic acids is 1. The maximum atomic E-state index is 13.1. The highest BCUT2D eigenvalue weighted by molar-refractivity contribution is 7.21. The SMILES string of the molecule is Cc1occc1C(=O)c1sc2cc(O)ccc2c1Oc1ccc(/C=C/C(=O)O)cc1. The summed E-state index contributed by atoms with van der Waals surface area (Å²) < 4.78 is 12.1. The Balaban J connectivity index is 1.75. The average molecular weight is 420 g/mol. The first-order valence-corrected chi connectivity index (χ1v) is 9.77. The van der Waals surface area contributed by atoms with Crippen LogP contribution in [0.15, 0.2) is 65.3 Å². The number of carbonyl (C=O) groups excluding carboxylic acids is 1. The molecule has 0 fully saturated rings. The number of aromatic hydroxyl groups is 1. The molecule has 0 saturated carbocycles. The summed E-state index contributed by atoms with van der Waals surface area (Å²) in [6, 6.07) is 13.3. The number of furan rings is 1. The van der Waals surface area contributed by atoms with E-state index in [9.17, 15) is 14.7 Å². The number of hydrogen-bond acceptors (Lipinski definition) is 6. The molecule has 4 aromatic rings. The maximum Gasteiger partial charge on any atom is 0.328 e. The summed E-state index contributed by atoms with van der Waals surface area (Å²) in [5, 5.41) is 19.3. The first-order chi connectivity index (χ1) is 14.4. The Morgan fingerprint density at radius 1 is 1.10 bits per heavy atom. The second-order valence-corrected chi connectivity index (χ2v) is 7.56. The van der Waals surface area contributed by atoms with Crippen molar-refractivity contribution in [3.8, 4) is 17.2 Å². The maximum absolute atomic E-state index is 13.1. The number of aliphatic carboxylic acids is 1. The van der Waals surface area contributed by atoms with Crippen molar-refractivity contribution < 1.29 is 29.0 Å². The van der Waals surface area contributed by atoms with Crippen molar-refractivity contribution in [3.05, 3.63) is 82.6 Å². The van der Waals surface area contributed by atoms with E-state index >= 15 is 0 Å². The van der Waals surface area contributed by atoms with Crippen LogP contribution in [-0.2, 0) is 4.79 Å². The minimum Gasteiger partial charge on any atom is -0.508 e. The van der Waals surface area contributed by atoms with Gasteiger partial charge in [0.2, 0.25) is 5.78 Å². The molecular formula is C23H16O6S. The van der Waals surface area contributed by atoms with Crippen LogP contribution >= 0.6 is 11.3 Å².